The molecule has 2 aliphatic rings. The number of imide groups is 1. The second kappa shape index (κ2) is 8.65. The van der Waals surface area contributed by atoms with Gasteiger partial charge < -0.3 is 19.3 Å². The number of nitrogens with zero attached hydrogens (tertiary/aromatic N) is 4. The van der Waals surface area contributed by atoms with Crippen molar-refractivity contribution < 1.29 is 23.9 Å². The summed E-state index contributed by atoms with van der Waals surface area (Å²) in [5.74, 6) is 0.418. The fourth-order valence-corrected chi connectivity index (χ4v) is 3.12. The van der Waals surface area contributed by atoms with Gasteiger partial charge in [-0.25, -0.2) is 4.79 Å². The number of piperidine rings is 1. The van der Waals surface area contributed by atoms with E-state index in [0.717, 1.165) is 12.8 Å². The van der Waals surface area contributed by atoms with Crippen molar-refractivity contribution in [1.29, 1.82) is 0 Å². The van der Waals surface area contributed by atoms with Crippen LogP contribution in [0.5, 0.6) is 11.8 Å². The van der Waals surface area contributed by atoms with Gasteiger partial charge >= 0.3 is 6.03 Å². The number of carbonyl (C=O) groups excluding carboxylic acids is 3. The molecule has 1 aromatic rings. The monoisotopic (exact) mass is 377 g/mol. The zero-order valence-corrected chi connectivity index (χ0v) is 15.2. The number of likely N-dealkylation sites (tertiary alicyclic amines) is 1. The van der Waals surface area contributed by atoms with E-state index < -0.39 is 6.03 Å². The molecule has 1 unspecified atom stereocenters. The smallest absolute Gasteiger partial charge is 0.324 e. The van der Waals surface area contributed by atoms with E-state index in [1.807, 2.05) is 0 Å². The van der Waals surface area contributed by atoms with Crippen molar-refractivity contribution in [3.8, 4) is 11.8 Å². The van der Waals surface area contributed by atoms with Crippen LogP contribution < -0.4 is 14.8 Å². The third-order valence-electron chi connectivity index (χ3n) is 4.56. The van der Waals surface area contributed by atoms with Crippen molar-refractivity contribution in [2.45, 2.75) is 31.8 Å². The van der Waals surface area contributed by atoms with Gasteiger partial charge in [0.2, 0.25) is 23.6 Å². The first-order chi connectivity index (χ1) is 13.0. The van der Waals surface area contributed by atoms with Gasteiger partial charge in [-0.1, -0.05) is 0 Å². The maximum Gasteiger partial charge on any atom is 0.324 e. The molecule has 146 valence electrons. The number of aromatic nitrogens is 2. The molecule has 10 nitrogen and oxygen atoms in total. The van der Waals surface area contributed by atoms with Crippen molar-refractivity contribution >= 4 is 17.8 Å². The van der Waals surface area contributed by atoms with E-state index in [2.05, 4.69) is 15.3 Å². The highest BCUT2D eigenvalue weighted by Crippen LogP contribution is 2.18. The molecule has 2 aliphatic heterocycles. The second-order valence-corrected chi connectivity index (χ2v) is 6.46. The molecule has 0 bridgehead atoms. The van der Waals surface area contributed by atoms with Crippen LogP contribution in [0, 0.1) is 0 Å². The summed E-state index contributed by atoms with van der Waals surface area (Å²) in [5.41, 5.74) is 0. The van der Waals surface area contributed by atoms with Gasteiger partial charge in [-0.2, -0.15) is 4.98 Å². The van der Waals surface area contributed by atoms with E-state index >= 15 is 0 Å². The van der Waals surface area contributed by atoms with Gasteiger partial charge in [0, 0.05) is 32.5 Å². The third-order valence-corrected chi connectivity index (χ3v) is 4.56. The van der Waals surface area contributed by atoms with Crippen LogP contribution in [0.25, 0.3) is 0 Å². The van der Waals surface area contributed by atoms with Crippen molar-refractivity contribution in [3.63, 3.8) is 0 Å². The first-order valence-corrected chi connectivity index (χ1v) is 8.94. The SMILES string of the molecule is COc1cncc(OC2CCCN(C(=O)CCN3CCC(=O)NC3=O)C2)n1. The minimum absolute atomic E-state index is 0.0373. The standard InChI is InChI=1S/C17H23N5O5/c1-26-14-9-18-10-15(20-14)27-12-3-2-6-22(11-12)16(24)5-8-21-7-4-13(23)19-17(21)25/h9-10,12H,2-8,11H2,1H3,(H,19,23,25). The molecule has 0 saturated carbocycles. The highest BCUT2D eigenvalue weighted by Gasteiger charge is 2.27. The molecule has 1 aromatic heterocycles. The Kier molecular flexibility index (Phi) is 6.05. The van der Waals surface area contributed by atoms with Crippen LogP contribution in [-0.2, 0) is 9.59 Å². The highest BCUT2D eigenvalue weighted by molar-refractivity contribution is 5.96. The lowest BCUT2D eigenvalue weighted by molar-refractivity contribution is -0.134. The number of amides is 4. The fraction of sp³-hybridized carbons (Fsp3) is 0.588. The molecular weight excluding hydrogens is 354 g/mol. The first kappa shape index (κ1) is 18.9. The molecule has 27 heavy (non-hydrogen) atoms. The van der Waals surface area contributed by atoms with Crippen molar-refractivity contribution in [2.75, 3.05) is 33.3 Å². The summed E-state index contributed by atoms with van der Waals surface area (Å²) in [7, 11) is 1.51. The number of ether oxygens (including phenoxy) is 2. The van der Waals surface area contributed by atoms with Crippen molar-refractivity contribution in [1.82, 2.24) is 25.1 Å². The molecule has 0 radical (unpaired) electrons. The Bertz CT molecular complexity index is 713. The van der Waals surface area contributed by atoms with E-state index in [4.69, 9.17) is 9.47 Å². The number of hydrogen-bond donors (Lipinski definition) is 1. The first-order valence-electron chi connectivity index (χ1n) is 8.94. The summed E-state index contributed by atoms with van der Waals surface area (Å²) >= 11 is 0. The van der Waals surface area contributed by atoms with Crippen LogP contribution in [0.15, 0.2) is 12.4 Å². The number of urea groups is 1. The number of nitrogens with one attached hydrogen (secondary N) is 1. The molecule has 3 rings (SSSR count). The molecule has 0 aliphatic carbocycles. The zero-order valence-electron chi connectivity index (χ0n) is 15.2. The van der Waals surface area contributed by atoms with Gasteiger partial charge in [0.25, 0.3) is 0 Å². The predicted molar refractivity (Wildman–Crippen MR) is 93.2 cm³/mol. The van der Waals surface area contributed by atoms with Crippen LogP contribution in [-0.4, -0.2) is 77.0 Å². The van der Waals surface area contributed by atoms with Crippen LogP contribution >= 0.6 is 0 Å². The average molecular weight is 377 g/mol. The lowest BCUT2D eigenvalue weighted by Crippen LogP contribution is -2.51. The van der Waals surface area contributed by atoms with Gasteiger partial charge in [-0.3, -0.25) is 19.9 Å². The number of hydrogen-bond acceptors (Lipinski definition) is 7. The Balaban J connectivity index is 1.49. The van der Waals surface area contributed by atoms with E-state index in [1.54, 1.807) is 4.90 Å². The molecule has 10 heteroatoms. The maximum absolute atomic E-state index is 12.5. The quantitative estimate of drug-likeness (QED) is 0.752. The van der Waals surface area contributed by atoms with Gasteiger partial charge in [0.15, 0.2) is 0 Å². The van der Waals surface area contributed by atoms with Crippen molar-refractivity contribution in [3.05, 3.63) is 12.4 Å². The molecule has 0 aromatic carbocycles. The Morgan fingerprint density at radius 2 is 2.11 bits per heavy atom. The molecule has 3 heterocycles. The fourth-order valence-electron chi connectivity index (χ4n) is 3.12. The summed E-state index contributed by atoms with van der Waals surface area (Å²) in [6, 6.07) is -0.435. The Morgan fingerprint density at radius 3 is 2.89 bits per heavy atom. The van der Waals surface area contributed by atoms with Crippen LogP contribution in [0.2, 0.25) is 0 Å². The predicted octanol–water partition coefficient (Wildman–Crippen LogP) is 0.187. The molecule has 1 N–H and O–H groups in total. The maximum atomic E-state index is 12.5. The summed E-state index contributed by atoms with van der Waals surface area (Å²) in [5, 5.41) is 2.26. The van der Waals surface area contributed by atoms with Crippen LogP contribution in [0.3, 0.4) is 0 Å². The topological polar surface area (TPSA) is 114 Å². The Hall–Kier alpha value is -2.91. The van der Waals surface area contributed by atoms with E-state index in [1.165, 1.54) is 24.4 Å². The highest BCUT2D eigenvalue weighted by atomic mass is 16.5. The second-order valence-electron chi connectivity index (χ2n) is 6.46. The Morgan fingerprint density at radius 1 is 1.30 bits per heavy atom. The van der Waals surface area contributed by atoms with Gasteiger partial charge in [-0.15, -0.1) is 0 Å². The van der Waals surface area contributed by atoms with E-state index in [9.17, 15) is 14.4 Å². The summed E-state index contributed by atoms with van der Waals surface area (Å²) in [4.78, 5) is 46.8. The molecule has 1 atom stereocenters. The molecule has 2 fully saturated rings. The van der Waals surface area contributed by atoms with Gasteiger partial charge in [0.1, 0.15) is 6.10 Å². The molecular formula is C17H23N5O5. The largest absolute Gasteiger partial charge is 0.480 e. The van der Waals surface area contributed by atoms with E-state index in [-0.39, 0.29) is 30.8 Å². The summed E-state index contributed by atoms with van der Waals surface area (Å²) < 4.78 is 10.9. The normalized spacial score (nSPS) is 20.3. The van der Waals surface area contributed by atoms with Crippen LogP contribution in [0.4, 0.5) is 4.79 Å². The third kappa shape index (κ3) is 5.05. The molecule has 4 amide bonds. The average Bonchev–Trinajstić information content (AvgIpc) is 2.67. The Labute approximate surface area is 156 Å². The van der Waals surface area contributed by atoms with Crippen molar-refractivity contribution in [2.24, 2.45) is 0 Å². The number of methoxy groups -OCH3 is 1. The minimum atomic E-state index is -0.435. The van der Waals surface area contributed by atoms with Gasteiger partial charge in [0.05, 0.1) is 26.0 Å². The lowest BCUT2D eigenvalue weighted by Gasteiger charge is -2.33. The van der Waals surface area contributed by atoms with E-state index in [0.29, 0.717) is 37.9 Å². The summed E-state index contributed by atoms with van der Waals surface area (Å²) in [6.45, 7) is 1.76. The minimum Gasteiger partial charge on any atom is -0.480 e. The van der Waals surface area contributed by atoms with Gasteiger partial charge in [-0.05, 0) is 12.8 Å². The number of carbonyl (C=O) groups is 3. The molecule has 0 spiro atoms. The number of rotatable bonds is 6. The summed E-state index contributed by atoms with van der Waals surface area (Å²) in [6.07, 6.45) is 4.97. The zero-order chi connectivity index (χ0) is 19.2. The van der Waals surface area contributed by atoms with Crippen LogP contribution in [0.1, 0.15) is 25.7 Å². The molecule has 2 saturated heterocycles. The lowest BCUT2D eigenvalue weighted by atomic mass is 10.1.